The van der Waals surface area contributed by atoms with E-state index in [0.29, 0.717) is 12.3 Å². The van der Waals surface area contributed by atoms with Gasteiger partial charge in [0.05, 0.1) is 18.8 Å². The Balaban J connectivity index is 1.54. The van der Waals surface area contributed by atoms with Crippen molar-refractivity contribution in [3.05, 3.63) is 59.8 Å². The van der Waals surface area contributed by atoms with Gasteiger partial charge in [0.1, 0.15) is 17.7 Å². The van der Waals surface area contributed by atoms with Gasteiger partial charge in [0.2, 0.25) is 5.91 Å². The van der Waals surface area contributed by atoms with Crippen molar-refractivity contribution in [3.63, 3.8) is 0 Å². The molecule has 0 spiro atoms. The largest absolute Gasteiger partial charge is 0.467 e. The molecule has 0 saturated carbocycles. The number of aliphatic hydroxyl groups excluding tert-OH is 1. The normalized spacial score (nSPS) is 19.3. The lowest BCUT2D eigenvalue weighted by Crippen LogP contribution is -2.44. The number of halogens is 1. The van der Waals surface area contributed by atoms with Crippen molar-refractivity contribution in [2.45, 2.75) is 31.5 Å². The molecule has 3 rings (SSSR count). The van der Waals surface area contributed by atoms with Crippen molar-refractivity contribution >= 4 is 5.91 Å². The molecule has 6 heteroatoms. The van der Waals surface area contributed by atoms with Gasteiger partial charge >= 0.3 is 0 Å². The van der Waals surface area contributed by atoms with Crippen molar-refractivity contribution in [2.75, 3.05) is 13.1 Å². The molecule has 1 aromatic carbocycles. The van der Waals surface area contributed by atoms with Crippen LogP contribution in [0.25, 0.3) is 0 Å². The Hall–Kier alpha value is -2.18. The van der Waals surface area contributed by atoms with Crippen molar-refractivity contribution in [1.29, 1.82) is 0 Å². The van der Waals surface area contributed by atoms with Crippen LogP contribution in [0.1, 0.15) is 30.3 Å². The monoisotopic (exact) mass is 332 g/mol. The number of amides is 1. The van der Waals surface area contributed by atoms with E-state index >= 15 is 0 Å². The Labute approximate surface area is 140 Å². The van der Waals surface area contributed by atoms with Gasteiger partial charge in [0.15, 0.2) is 0 Å². The molecule has 2 aromatic rings. The molecular weight excluding hydrogens is 311 g/mol. The summed E-state index contributed by atoms with van der Waals surface area (Å²) in [6.07, 6.45) is 2.36. The predicted octanol–water partition coefficient (Wildman–Crippen LogP) is 2.23. The van der Waals surface area contributed by atoms with E-state index in [0.717, 1.165) is 24.9 Å². The predicted molar refractivity (Wildman–Crippen MR) is 86.5 cm³/mol. The van der Waals surface area contributed by atoms with Crippen LogP contribution in [0.4, 0.5) is 4.39 Å². The van der Waals surface area contributed by atoms with Crippen molar-refractivity contribution < 1.29 is 18.7 Å². The van der Waals surface area contributed by atoms with Crippen molar-refractivity contribution in [2.24, 2.45) is 0 Å². The Morgan fingerprint density at radius 2 is 2.17 bits per heavy atom. The summed E-state index contributed by atoms with van der Waals surface area (Å²) in [4.78, 5) is 14.5. The molecule has 2 atom stereocenters. The number of likely N-dealkylation sites (tertiary alicyclic amines) is 1. The van der Waals surface area contributed by atoms with Crippen LogP contribution in [-0.2, 0) is 11.3 Å². The summed E-state index contributed by atoms with van der Waals surface area (Å²) in [5.41, 5.74) is 0.978. The first-order valence-electron chi connectivity index (χ1n) is 8.11. The van der Waals surface area contributed by atoms with Crippen LogP contribution >= 0.6 is 0 Å². The topological polar surface area (TPSA) is 65.7 Å². The molecule has 128 valence electrons. The van der Waals surface area contributed by atoms with Crippen molar-refractivity contribution in [3.8, 4) is 0 Å². The van der Waals surface area contributed by atoms with Gasteiger partial charge in [-0.25, -0.2) is 4.39 Å². The molecule has 1 fully saturated rings. The van der Waals surface area contributed by atoms with Crippen LogP contribution < -0.4 is 5.32 Å². The van der Waals surface area contributed by atoms with Gasteiger partial charge in [-0.05, 0) is 49.2 Å². The first-order valence-corrected chi connectivity index (χ1v) is 8.11. The summed E-state index contributed by atoms with van der Waals surface area (Å²) in [6.45, 7) is 1.56. The lowest BCUT2D eigenvalue weighted by atomic mass is 10.1. The SMILES string of the molecule is O=C(NCC(O)c1ccco1)C1CCCN1Cc1ccc(F)cc1. The molecule has 2 N–H and O–H groups in total. The van der Waals surface area contributed by atoms with Gasteiger partial charge in [0.25, 0.3) is 0 Å². The molecule has 0 radical (unpaired) electrons. The van der Waals surface area contributed by atoms with Gasteiger partial charge in [-0.2, -0.15) is 0 Å². The second-order valence-electron chi connectivity index (χ2n) is 6.03. The fourth-order valence-corrected chi connectivity index (χ4v) is 3.03. The van der Waals surface area contributed by atoms with Crippen LogP contribution in [0.3, 0.4) is 0 Å². The molecule has 1 saturated heterocycles. The van der Waals surface area contributed by atoms with E-state index in [1.165, 1.54) is 18.4 Å². The third-order valence-electron chi connectivity index (χ3n) is 4.31. The van der Waals surface area contributed by atoms with Gasteiger partial charge in [-0.15, -0.1) is 0 Å². The van der Waals surface area contributed by atoms with E-state index in [1.807, 2.05) is 0 Å². The third kappa shape index (κ3) is 4.01. The maximum atomic E-state index is 13.0. The highest BCUT2D eigenvalue weighted by Gasteiger charge is 2.30. The van der Waals surface area contributed by atoms with E-state index in [1.54, 1.807) is 24.3 Å². The van der Waals surface area contributed by atoms with Crippen molar-refractivity contribution in [1.82, 2.24) is 10.2 Å². The number of rotatable bonds is 6. The zero-order chi connectivity index (χ0) is 16.9. The number of hydrogen-bond donors (Lipinski definition) is 2. The minimum absolute atomic E-state index is 0.0970. The second kappa shape index (κ2) is 7.59. The minimum Gasteiger partial charge on any atom is -0.467 e. The minimum atomic E-state index is -0.851. The Morgan fingerprint density at radius 1 is 1.38 bits per heavy atom. The van der Waals surface area contributed by atoms with E-state index in [9.17, 15) is 14.3 Å². The third-order valence-corrected chi connectivity index (χ3v) is 4.31. The zero-order valence-electron chi connectivity index (χ0n) is 13.3. The summed E-state index contributed by atoms with van der Waals surface area (Å²) in [6, 6.07) is 9.49. The van der Waals surface area contributed by atoms with Gasteiger partial charge in [0, 0.05) is 6.54 Å². The van der Waals surface area contributed by atoms with Gasteiger partial charge < -0.3 is 14.8 Å². The number of carbonyl (C=O) groups excluding carboxylic acids is 1. The molecule has 2 heterocycles. The van der Waals surface area contributed by atoms with E-state index in [2.05, 4.69) is 10.2 Å². The molecule has 24 heavy (non-hydrogen) atoms. The fraction of sp³-hybridized carbons (Fsp3) is 0.389. The number of benzene rings is 1. The summed E-state index contributed by atoms with van der Waals surface area (Å²) in [5, 5.41) is 12.8. The summed E-state index contributed by atoms with van der Waals surface area (Å²) in [5.74, 6) is 0.0755. The molecule has 1 aliphatic rings. The number of nitrogens with zero attached hydrogens (tertiary/aromatic N) is 1. The van der Waals surface area contributed by atoms with E-state index in [4.69, 9.17) is 4.42 Å². The highest BCUT2D eigenvalue weighted by molar-refractivity contribution is 5.82. The van der Waals surface area contributed by atoms with E-state index < -0.39 is 6.10 Å². The molecule has 1 aliphatic heterocycles. The summed E-state index contributed by atoms with van der Waals surface area (Å²) < 4.78 is 18.1. The molecular formula is C18H21FN2O3. The molecule has 0 bridgehead atoms. The number of hydrogen-bond acceptors (Lipinski definition) is 4. The van der Waals surface area contributed by atoms with Crippen LogP contribution in [0.2, 0.25) is 0 Å². The first-order chi connectivity index (χ1) is 11.6. The fourth-order valence-electron chi connectivity index (χ4n) is 3.03. The number of aliphatic hydroxyl groups is 1. The molecule has 5 nitrogen and oxygen atoms in total. The lowest BCUT2D eigenvalue weighted by Gasteiger charge is -2.24. The average molecular weight is 332 g/mol. The number of furan rings is 1. The highest BCUT2D eigenvalue weighted by atomic mass is 19.1. The Morgan fingerprint density at radius 3 is 2.88 bits per heavy atom. The molecule has 1 amide bonds. The molecule has 1 aromatic heterocycles. The second-order valence-corrected chi connectivity index (χ2v) is 6.03. The molecule has 0 aliphatic carbocycles. The first kappa shape index (κ1) is 16.7. The average Bonchev–Trinajstić information content (AvgIpc) is 3.26. The van der Waals surface area contributed by atoms with Gasteiger partial charge in [-0.3, -0.25) is 9.69 Å². The smallest absolute Gasteiger partial charge is 0.237 e. The quantitative estimate of drug-likeness (QED) is 0.851. The van der Waals surface area contributed by atoms with Crippen LogP contribution in [0.5, 0.6) is 0 Å². The number of carbonyl (C=O) groups is 1. The van der Waals surface area contributed by atoms with Gasteiger partial charge in [-0.1, -0.05) is 12.1 Å². The zero-order valence-corrected chi connectivity index (χ0v) is 13.3. The lowest BCUT2D eigenvalue weighted by molar-refractivity contribution is -0.126. The summed E-state index contributed by atoms with van der Waals surface area (Å²) in [7, 11) is 0. The maximum absolute atomic E-state index is 13.0. The molecule has 2 unspecified atom stereocenters. The van der Waals surface area contributed by atoms with Crippen LogP contribution in [-0.4, -0.2) is 35.0 Å². The Bertz CT molecular complexity index is 657. The standard InChI is InChI=1S/C18H21FN2O3/c19-14-7-5-13(6-8-14)12-21-9-1-3-15(21)18(23)20-11-16(22)17-4-2-10-24-17/h2,4-8,10,15-16,22H,1,3,9,11-12H2,(H,20,23). The van der Waals surface area contributed by atoms with Crippen LogP contribution in [0, 0.1) is 5.82 Å². The summed E-state index contributed by atoms with van der Waals surface area (Å²) >= 11 is 0. The number of nitrogens with one attached hydrogen (secondary N) is 1. The van der Waals surface area contributed by atoms with Crippen LogP contribution in [0.15, 0.2) is 47.1 Å². The van der Waals surface area contributed by atoms with E-state index in [-0.39, 0.29) is 24.3 Å². The maximum Gasteiger partial charge on any atom is 0.237 e. The Kier molecular flexibility index (Phi) is 5.27. The highest BCUT2D eigenvalue weighted by Crippen LogP contribution is 2.21.